The van der Waals surface area contributed by atoms with Crippen LogP contribution in [0.25, 0.3) is 0 Å². The molecule has 0 bridgehead atoms. The van der Waals surface area contributed by atoms with Crippen molar-refractivity contribution >= 4 is 0 Å². The fourth-order valence-electron chi connectivity index (χ4n) is 1.69. The maximum absolute atomic E-state index is 5.73. The summed E-state index contributed by atoms with van der Waals surface area (Å²) in [5.41, 5.74) is 1.21. The Kier molecular flexibility index (Phi) is 7.30. The minimum atomic E-state index is 0.663. The molecule has 1 rings (SSSR count). The normalized spacial score (nSPS) is 10.8. The second kappa shape index (κ2) is 8.77. The SMILES string of the molecule is CCCNCc1ccc(OCCN(C)C)c(OC)c1. The molecule has 0 saturated carbocycles. The van der Waals surface area contributed by atoms with Crippen LogP contribution in [-0.4, -0.2) is 45.8 Å². The van der Waals surface area contributed by atoms with Gasteiger partial charge in [-0.2, -0.15) is 0 Å². The van der Waals surface area contributed by atoms with Crippen LogP contribution in [-0.2, 0) is 6.54 Å². The molecule has 1 aromatic carbocycles. The molecule has 0 heterocycles. The first-order valence-electron chi connectivity index (χ1n) is 6.82. The van der Waals surface area contributed by atoms with E-state index in [4.69, 9.17) is 9.47 Å². The number of ether oxygens (including phenoxy) is 2. The van der Waals surface area contributed by atoms with Crippen LogP contribution in [0, 0.1) is 0 Å². The highest BCUT2D eigenvalue weighted by molar-refractivity contribution is 5.42. The summed E-state index contributed by atoms with van der Waals surface area (Å²) in [7, 11) is 5.74. The minimum absolute atomic E-state index is 0.663. The first-order valence-corrected chi connectivity index (χ1v) is 6.82. The molecule has 0 spiro atoms. The Morgan fingerprint density at radius 3 is 2.63 bits per heavy atom. The lowest BCUT2D eigenvalue weighted by Gasteiger charge is -2.14. The van der Waals surface area contributed by atoms with Gasteiger partial charge in [-0.25, -0.2) is 0 Å². The van der Waals surface area contributed by atoms with Crippen molar-refractivity contribution in [3.63, 3.8) is 0 Å². The quantitative estimate of drug-likeness (QED) is 0.694. The van der Waals surface area contributed by atoms with Gasteiger partial charge in [0.1, 0.15) is 6.61 Å². The Balaban J connectivity index is 2.57. The molecule has 0 aliphatic carbocycles. The van der Waals surface area contributed by atoms with Crippen molar-refractivity contribution in [3.8, 4) is 11.5 Å². The van der Waals surface area contributed by atoms with Gasteiger partial charge in [0.05, 0.1) is 7.11 Å². The standard InChI is InChI=1S/C15H26N2O2/c1-5-8-16-12-13-6-7-14(15(11-13)18-4)19-10-9-17(2)3/h6-7,11,16H,5,8-10,12H2,1-4H3. The van der Waals surface area contributed by atoms with Gasteiger partial charge in [0.2, 0.25) is 0 Å². The van der Waals surface area contributed by atoms with Gasteiger partial charge in [-0.1, -0.05) is 13.0 Å². The van der Waals surface area contributed by atoms with Gasteiger partial charge in [0, 0.05) is 13.1 Å². The zero-order chi connectivity index (χ0) is 14.1. The molecule has 19 heavy (non-hydrogen) atoms. The average Bonchev–Trinajstić information content (AvgIpc) is 2.40. The average molecular weight is 266 g/mol. The van der Waals surface area contributed by atoms with Crippen LogP contribution in [0.2, 0.25) is 0 Å². The number of methoxy groups -OCH3 is 1. The lowest BCUT2D eigenvalue weighted by atomic mass is 10.2. The molecule has 0 aliphatic rings. The predicted octanol–water partition coefficient (Wildman–Crippen LogP) is 2.14. The van der Waals surface area contributed by atoms with Crippen molar-refractivity contribution in [2.75, 3.05) is 40.9 Å². The molecule has 0 aliphatic heterocycles. The zero-order valence-electron chi connectivity index (χ0n) is 12.5. The molecule has 0 radical (unpaired) electrons. The van der Waals surface area contributed by atoms with Crippen molar-refractivity contribution in [2.45, 2.75) is 19.9 Å². The van der Waals surface area contributed by atoms with E-state index >= 15 is 0 Å². The van der Waals surface area contributed by atoms with E-state index in [2.05, 4.69) is 23.2 Å². The summed E-state index contributed by atoms with van der Waals surface area (Å²) < 4.78 is 11.1. The van der Waals surface area contributed by atoms with E-state index in [0.29, 0.717) is 6.61 Å². The van der Waals surface area contributed by atoms with E-state index in [9.17, 15) is 0 Å². The van der Waals surface area contributed by atoms with Gasteiger partial charge in [-0.15, -0.1) is 0 Å². The maximum atomic E-state index is 5.73. The summed E-state index contributed by atoms with van der Waals surface area (Å²) in [6.45, 7) is 5.61. The summed E-state index contributed by atoms with van der Waals surface area (Å²) in [4.78, 5) is 2.09. The summed E-state index contributed by atoms with van der Waals surface area (Å²) in [6.07, 6.45) is 1.14. The molecule has 0 amide bonds. The molecular weight excluding hydrogens is 240 g/mol. The van der Waals surface area contributed by atoms with Crippen LogP contribution in [0.1, 0.15) is 18.9 Å². The van der Waals surface area contributed by atoms with E-state index in [0.717, 1.165) is 37.6 Å². The van der Waals surface area contributed by atoms with Gasteiger partial charge in [0.25, 0.3) is 0 Å². The smallest absolute Gasteiger partial charge is 0.161 e. The first-order chi connectivity index (χ1) is 9.17. The Morgan fingerprint density at radius 1 is 1.21 bits per heavy atom. The Morgan fingerprint density at radius 2 is 2.00 bits per heavy atom. The Hall–Kier alpha value is -1.26. The van der Waals surface area contributed by atoms with Gasteiger partial charge in [-0.05, 0) is 44.8 Å². The summed E-state index contributed by atoms with van der Waals surface area (Å²) in [5, 5.41) is 3.38. The highest BCUT2D eigenvalue weighted by Crippen LogP contribution is 2.27. The molecule has 0 aromatic heterocycles. The number of nitrogens with one attached hydrogen (secondary N) is 1. The number of nitrogens with zero attached hydrogens (tertiary/aromatic N) is 1. The predicted molar refractivity (Wildman–Crippen MR) is 79.0 cm³/mol. The van der Waals surface area contributed by atoms with E-state index in [1.165, 1.54) is 5.56 Å². The van der Waals surface area contributed by atoms with E-state index in [1.54, 1.807) is 7.11 Å². The van der Waals surface area contributed by atoms with Crippen molar-refractivity contribution in [1.29, 1.82) is 0 Å². The molecule has 0 fully saturated rings. The highest BCUT2D eigenvalue weighted by atomic mass is 16.5. The van der Waals surface area contributed by atoms with E-state index < -0.39 is 0 Å². The number of rotatable bonds is 9. The third-order valence-electron chi connectivity index (χ3n) is 2.78. The molecule has 0 saturated heterocycles. The van der Waals surface area contributed by atoms with Crippen LogP contribution >= 0.6 is 0 Å². The third kappa shape index (κ3) is 5.94. The third-order valence-corrected chi connectivity index (χ3v) is 2.78. The van der Waals surface area contributed by atoms with Crippen LogP contribution < -0.4 is 14.8 Å². The molecule has 4 nitrogen and oxygen atoms in total. The molecule has 0 unspecified atom stereocenters. The molecule has 1 N–H and O–H groups in total. The van der Waals surface area contributed by atoms with Gasteiger partial charge >= 0.3 is 0 Å². The van der Waals surface area contributed by atoms with Crippen LogP contribution in [0.5, 0.6) is 11.5 Å². The number of hydrogen-bond acceptors (Lipinski definition) is 4. The van der Waals surface area contributed by atoms with Crippen LogP contribution in [0.4, 0.5) is 0 Å². The number of benzene rings is 1. The Labute approximate surface area is 116 Å². The topological polar surface area (TPSA) is 33.7 Å². The fraction of sp³-hybridized carbons (Fsp3) is 0.600. The zero-order valence-corrected chi connectivity index (χ0v) is 12.5. The molecule has 4 heteroatoms. The number of likely N-dealkylation sites (N-methyl/N-ethyl adjacent to an activating group) is 1. The second-order valence-electron chi connectivity index (χ2n) is 4.81. The van der Waals surface area contributed by atoms with Gasteiger partial charge < -0.3 is 19.7 Å². The molecular formula is C15H26N2O2. The summed E-state index contributed by atoms with van der Waals surface area (Å²) in [5.74, 6) is 1.61. The monoisotopic (exact) mass is 266 g/mol. The van der Waals surface area contributed by atoms with Gasteiger partial charge in [0.15, 0.2) is 11.5 Å². The summed E-state index contributed by atoms with van der Waals surface area (Å²) in [6, 6.07) is 6.10. The molecule has 108 valence electrons. The van der Waals surface area contributed by atoms with Crippen molar-refractivity contribution < 1.29 is 9.47 Å². The lowest BCUT2D eigenvalue weighted by molar-refractivity contribution is 0.250. The molecule has 0 atom stereocenters. The Bertz CT molecular complexity index is 367. The maximum Gasteiger partial charge on any atom is 0.161 e. The van der Waals surface area contributed by atoms with Crippen molar-refractivity contribution in [2.24, 2.45) is 0 Å². The molecule has 1 aromatic rings. The lowest BCUT2D eigenvalue weighted by Crippen LogP contribution is -2.19. The van der Waals surface area contributed by atoms with E-state index in [1.807, 2.05) is 26.2 Å². The van der Waals surface area contributed by atoms with Gasteiger partial charge in [-0.3, -0.25) is 0 Å². The first kappa shape index (κ1) is 15.8. The summed E-state index contributed by atoms with van der Waals surface area (Å²) >= 11 is 0. The van der Waals surface area contributed by atoms with E-state index in [-0.39, 0.29) is 0 Å². The highest BCUT2D eigenvalue weighted by Gasteiger charge is 2.05. The number of hydrogen-bond donors (Lipinski definition) is 1. The second-order valence-corrected chi connectivity index (χ2v) is 4.81. The van der Waals surface area contributed by atoms with Crippen molar-refractivity contribution in [3.05, 3.63) is 23.8 Å². The van der Waals surface area contributed by atoms with Crippen LogP contribution in [0.15, 0.2) is 18.2 Å². The van der Waals surface area contributed by atoms with Crippen molar-refractivity contribution in [1.82, 2.24) is 10.2 Å². The van der Waals surface area contributed by atoms with Crippen LogP contribution in [0.3, 0.4) is 0 Å². The fourth-order valence-corrected chi connectivity index (χ4v) is 1.69. The minimum Gasteiger partial charge on any atom is -0.493 e. The largest absolute Gasteiger partial charge is 0.493 e.